The first-order chi connectivity index (χ1) is 13.4. The van der Waals surface area contributed by atoms with Gasteiger partial charge in [-0.05, 0) is 35.0 Å². The summed E-state index contributed by atoms with van der Waals surface area (Å²) in [5.41, 5.74) is 2.01. The Kier molecular flexibility index (Phi) is 6.07. The molecular formula is C18H12F3IN4O2. The fourth-order valence-electron chi connectivity index (χ4n) is 2.42. The number of ether oxygens (including phenoxy) is 1. The van der Waals surface area contributed by atoms with Gasteiger partial charge in [0.1, 0.15) is 17.8 Å². The lowest BCUT2D eigenvalue weighted by atomic mass is 10.1. The van der Waals surface area contributed by atoms with Crippen LogP contribution in [0.3, 0.4) is 0 Å². The van der Waals surface area contributed by atoms with Crippen LogP contribution in [0, 0.1) is 4.91 Å². The number of halogens is 4. The molecule has 10 heteroatoms. The maximum atomic E-state index is 12.5. The number of alkyl halides is 4. The molecule has 0 aliphatic carbocycles. The SMILES string of the molecule is O=Nc1c(Nc2ccc(CI)cc2)ncnc1-c1cccc(OC(F)(F)F)c1. The molecule has 0 spiro atoms. The van der Waals surface area contributed by atoms with Crippen molar-refractivity contribution in [2.24, 2.45) is 5.18 Å². The van der Waals surface area contributed by atoms with Crippen LogP contribution in [0.1, 0.15) is 5.56 Å². The quantitative estimate of drug-likeness (QED) is 0.251. The van der Waals surface area contributed by atoms with Gasteiger partial charge in [-0.25, -0.2) is 9.97 Å². The molecule has 1 heterocycles. The number of nitrogens with zero attached hydrogens (tertiary/aromatic N) is 3. The van der Waals surface area contributed by atoms with Crippen molar-refractivity contribution in [3.05, 3.63) is 65.3 Å². The van der Waals surface area contributed by atoms with Crippen LogP contribution >= 0.6 is 22.6 Å². The molecule has 1 aromatic heterocycles. The first-order valence-corrected chi connectivity index (χ1v) is 9.38. The number of anilines is 2. The van der Waals surface area contributed by atoms with Crippen molar-refractivity contribution in [1.29, 1.82) is 0 Å². The summed E-state index contributed by atoms with van der Waals surface area (Å²) in [6.07, 6.45) is -3.63. The van der Waals surface area contributed by atoms with Crippen molar-refractivity contribution in [2.75, 3.05) is 5.32 Å². The third kappa shape index (κ3) is 4.94. The van der Waals surface area contributed by atoms with E-state index in [1.165, 1.54) is 18.5 Å². The minimum atomic E-state index is -4.83. The highest BCUT2D eigenvalue weighted by atomic mass is 127. The van der Waals surface area contributed by atoms with Gasteiger partial charge < -0.3 is 10.1 Å². The summed E-state index contributed by atoms with van der Waals surface area (Å²) in [5.74, 6) is -0.284. The molecule has 0 aliphatic heterocycles. The lowest BCUT2D eigenvalue weighted by molar-refractivity contribution is -0.274. The van der Waals surface area contributed by atoms with E-state index >= 15 is 0 Å². The predicted octanol–water partition coefficient (Wildman–Crippen LogP) is 6.12. The molecule has 6 nitrogen and oxygen atoms in total. The van der Waals surface area contributed by atoms with Crippen LogP contribution < -0.4 is 10.1 Å². The van der Waals surface area contributed by atoms with Gasteiger partial charge in [-0.2, -0.15) is 0 Å². The maximum Gasteiger partial charge on any atom is 0.573 e. The molecule has 0 fully saturated rings. The average Bonchev–Trinajstić information content (AvgIpc) is 2.67. The minimum absolute atomic E-state index is 0.0870. The molecule has 3 aromatic rings. The molecule has 0 radical (unpaired) electrons. The zero-order valence-corrected chi connectivity index (χ0v) is 16.2. The van der Waals surface area contributed by atoms with Gasteiger partial charge in [0.2, 0.25) is 0 Å². The largest absolute Gasteiger partial charge is 0.573 e. The molecule has 0 saturated carbocycles. The molecular weight excluding hydrogens is 488 g/mol. The van der Waals surface area contributed by atoms with E-state index in [4.69, 9.17) is 0 Å². The Morgan fingerprint density at radius 2 is 1.86 bits per heavy atom. The molecule has 0 bridgehead atoms. The van der Waals surface area contributed by atoms with Crippen LogP contribution in [-0.2, 0) is 4.43 Å². The molecule has 0 aliphatic rings. The number of hydrogen-bond donors (Lipinski definition) is 1. The fraction of sp³-hybridized carbons (Fsp3) is 0.111. The van der Waals surface area contributed by atoms with Gasteiger partial charge in [-0.3, -0.25) is 0 Å². The van der Waals surface area contributed by atoms with Crippen molar-refractivity contribution in [3.8, 4) is 17.0 Å². The smallest absolute Gasteiger partial charge is 0.406 e. The predicted molar refractivity (Wildman–Crippen MR) is 107 cm³/mol. The van der Waals surface area contributed by atoms with Gasteiger partial charge in [0, 0.05) is 15.7 Å². The zero-order chi connectivity index (χ0) is 20.1. The summed E-state index contributed by atoms with van der Waals surface area (Å²) in [7, 11) is 0. The Labute approximate surface area is 171 Å². The van der Waals surface area contributed by atoms with Crippen LogP contribution in [0.4, 0.5) is 30.4 Å². The normalized spacial score (nSPS) is 11.1. The van der Waals surface area contributed by atoms with Crippen LogP contribution in [-0.4, -0.2) is 16.3 Å². The molecule has 1 N–H and O–H groups in total. The van der Waals surface area contributed by atoms with E-state index < -0.39 is 12.1 Å². The Morgan fingerprint density at radius 1 is 1.11 bits per heavy atom. The van der Waals surface area contributed by atoms with E-state index in [0.717, 1.165) is 22.1 Å². The number of benzene rings is 2. The van der Waals surface area contributed by atoms with Gasteiger partial charge in [0.05, 0.1) is 0 Å². The van der Waals surface area contributed by atoms with Crippen molar-refractivity contribution in [1.82, 2.24) is 9.97 Å². The van der Waals surface area contributed by atoms with Gasteiger partial charge in [-0.1, -0.05) is 46.9 Å². The van der Waals surface area contributed by atoms with Crippen molar-refractivity contribution < 1.29 is 17.9 Å². The molecule has 3 rings (SSSR count). The summed E-state index contributed by atoms with van der Waals surface area (Å²) in [6, 6.07) is 12.6. The van der Waals surface area contributed by atoms with Gasteiger partial charge in [0.25, 0.3) is 0 Å². The third-order valence-electron chi connectivity index (χ3n) is 3.63. The van der Waals surface area contributed by atoms with E-state index in [0.29, 0.717) is 5.69 Å². The lowest BCUT2D eigenvalue weighted by Gasteiger charge is -2.12. The van der Waals surface area contributed by atoms with Crippen LogP contribution in [0.2, 0.25) is 0 Å². The van der Waals surface area contributed by atoms with Crippen LogP contribution in [0.25, 0.3) is 11.3 Å². The number of aromatic nitrogens is 2. The van der Waals surface area contributed by atoms with Gasteiger partial charge >= 0.3 is 6.36 Å². The second-order valence-corrected chi connectivity index (χ2v) is 6.30. The summed E-state index contributed by atoms with van der Waals surface area (Å²) >= 11 is 2.24. The first kappa shape index (κ1) is 20.0. The molecule has 0 saturated heterocycles. The summed E-state index contributed by atoms with van der Waals surface area (Å²) in [4.78, 5) is 19.5. The van der Waals surface area contributed by atoms with E-state index in [2.05, 4.69) is 47.8 Å². The maximum absolute atomic E-state index is 12.5. The Morgan fingerprint density at radius 3 is 2.50 bits per heavy atom. The second kappa shape index (κ2) is 8.50. The minimum Gasteiger partial charge on any atom is -0.406 e. The van der Waals surface area contributed by atoms with Crippen molar-refractivity contribution >= 4 is 39.8 Å². The molecule has 0 amide bonds. The van der Waals surface area contributed by atoms with E-state index in [9.17, 15) is 18.1 Å². The summed E-state index contributed by atoms with van der Waals surface area (Å²) in [6.45, 7) is 0. The molecule has 144 valence electrons. The van der Waals surface area contributed by atoms with Gasteiger partial charge in [0.15, 0.2) is 11.5 Å². The third-order valence-corrected chi connectivity index (χ3v) is 4.51. The lowest BCUT2D eigenvalue weighted by Crippen LogP contribution is -2.17. The Bertz CT molecular complexity index is 981. The highest BCUT2D eigenvalue weighted by Crippen LogP contribution is 2.36. The van der Waals surface area contributed by atoms with E-state index in [1.54, 1.807) is 0 Å². The number of nitrogens with one attached hydrogen (secondary N) is 1. The first-order valence-electron chi connectivity index (χ1n) is 7.86. The number of rotatable bonds is 6. The molecule has 2 aromatic carbocycles. The summed E-state index contributed by atoms with van der Waals surface area (Å²) < 4.78 is 42.1. The monoisotopic (exact) mass is 500 g/mol. The number of hydrogen-bond acceptors (Lipinski definition) is 6. The Hall–Kier alpha value is -2.76. The van der Waals surface area contributed by atoms with E-state index in [1.807, 2.05) is 24.3 Å². The second-order valence-electron chi connectivity index (χ2n) is 5.54. The van der Waals surface area contributed by atoms with Crippen molar-refractivity contribution in [3.63, 3.8) is 0 Å². The molecule has 0 unspecified atom stereocenters. The fourth-order valence-corrected chi connectivity index (χ4v) is 2.93. The number of nitroso groups, excluding NO2 is 1. The van der Waals surface area contributed by atoms with Crippen LogP contribution in [0.15, 0.2) is 60.0 Å². The highest BCUT2D eigenvalue weighted by Gasteiger charge is 2.31. The molecule has 0 atom stereocenters. The van der Waals surface area contributed by atoms with E-state index in [-0.39, 0.29) is 22.8 Å². The Balaban J connectivity index is 1.95. The van der Waals surface area contributed by atoms with Crippen LogP contribution in [0.5, 0.6) is 5.75 Å². The standard InChI is InChI=1S/C18H12F3IN4O2/c19-18(20,21)28-14-3-1-2-12(8-14)15-16(26-27)17(24-10-23-15)25-13-6-4-11(9-22)5-7-13/h1-8,10H,9H2,(H,23,24,25). The highest BCUT2D eigenvalue weighted by molar-refractivity contribution is 14.1. The van der Waals surface area contributed by atoms with Crippen molar-refractivity contribution in [2.45, 2.75) is 10.8 Å². The topological polar surface area (TPSA) is 76.5 Å². The van der Waals surface area contributed by atoms with Gasteiger partial charge in [-0.15, -0.1) is 18.1 Å². The molecule has 28 heavy (non-hydrogen) atoms. The zero-order valence-electron chi connectivity index (χ0n) is 14.1. The average molecular weight is 500 g/mol. The summed E-state index contributed by atoms with van der Waals surface area (Å²) in [5, 5.41) is 5.96.